The third kappa shape index (κ3) is 5.11. The number of benzene rings is 1. The molecule has 4 nitrogen and oxygen atoms in total. The molecule has 106 valence electrons. The first kappa shape index (κ1) is 15.8. The number of nitrogens with zero attached hydrogens (tertiary/aromatic N) is 1. The van der Waals surface area contributed by atoms with Crippen LogP contribution in [0.1, 0.15) is 32.8 Å². The lowest BCUT2D eigenvalue weighted by Gasteiger charge is -2.12. The first-order chi connectivity index (χ1) is 9.06. The van der Waals surface area contributed by atoms with Gasteiger partial charge in [-0.15, -0.1) is 0 Å². The predicted octanol–water partition coefficient (Wildman–Crippen LogP) is 4.31. The fraction of sp³-hybridized carbons (Fsp3) is 0.571. The smallest absolute Gasteiger partial charge is 0.292 e. The van der Waals surface area contributed by atoms with Crippen molar-refractivity contribution >= 4 is 23.1 Å². The first-order valence-electron chi connectivity index (χ1n) is 6.64. The zero-order valence-corrected chi connectivity index (χ0v) is 12.6. The third-order valence-electron chi connectivity index (χ3n) is 2.59. The highest BCUT2D eigenvalue weighted by atomic mass is 32.2. The second-order valence-electron chi connectivity index (χ2n) is 4.90. The van der Waals surface area contributed by atoms with E-state index in [2.05, 4.69) is 26.1 Å². The van der Waals surface area contributed by atoms with Crippen molar-refractivity contribution in [1.82, 2.24) is 0 Å². The van der Waals surface area contributed by atoms with Crippen LogP contribution in [0.4, 0.5) is 11.4 Å². The van der Waals surface area contributed by atoms with Crippen LogP contribution in [-0.2, 0) is 5.75 Å². The Labute approximate surface area is 119 Å². The maximum Gasteiger partial charge on any atom is 0.292 e. The van der Waals surface area contributed by atoms with Crippen LogP contribution in [0.2, 0.25) is 0 Å². The Morgan fingerprint density at radius 1 is 1.42 bits per heavy atom. The Bertz CT molecular complexity index is 422. The molecule has 0 radical (unpaired) electrons. The summed E-state index contributed by atoms with van der Waals surface area (Å²) < 4.78 is 0. The van der Waals surface area contributed by atoms with Crippen LogP contribution in [0.15, 0.2) is 18.2 Å². The van der Waals surface area contributed by atoms with Crippen LogP contribution in [0.25, 0.3) is 0 Å². The summed E-state index contributed by atoms with van der Waals surface area (Å²) in [5.74, 6) is 2.51. The fourth-order valence-electron chi connectivity index (χ4n) is 1.72. The van der Waals surface area contributed by atoms with Gasteiger partial charge >= 0.3 is 0 Å². The van der Waals surface area contributed by atoms with Crippen molar-refractivity contribution in [3.8, 4) is 0 Å². The van der Waals surface area contributed by atoms with Crippen molar-refractivity contribution in [2.75, 3.05) is 17.6 Å². The minimum absolute atomic E-state index is 0.177. The van der Waals surface area contributed by atoms with Gasteiger partial charge in [-0.3, -0.25) is 10.1 Å². The Kier molecular flexibility index (Phi) is 6.70. The van der Waals surface area contributed by atoms with Crippen LogP contribution in [-0.4, -0.2) is 17.2 Å². The molecule has 0 amide bonds. The molecule has 0 unspecified atom stereocenters. The molecule has 5 heteroatoms. The zero-order chi connectivity index (χ0) is 14.3. The minimum atomic E-state index is -0.311. The van der Waals surface area contributed by atoms with Gasteiger partial charge in [0, 0.05) is 18.4 Å². The lowest BCUT2D eigenvalue weighted by Crippen LogP contribution is -2.06. The predicted molar refractivity (Wildman–Crippen MR) is 82.9 cm³/mol. The number of thioether (sulfide) groups is 1. The topological polar surface area (TPSA) is 55.2 Å². The van der Waals surface area contributed by atoms with E-state index in [0.717, 1.165) is 30.0 Å². The molecule has 0 saturated carbocycles. The van der Waals surface area contributed by atoms with Crippen molar-refractivity contribution < 1.29 is 4.92 Å². The van der Waals surface area contributed by atoms with Gasteiger partial charge in [0.2, 0.25) is 0 Å². The number of anilines is 1. The van der Waals surface area contributed by atoms with E-state index in [1.807, 2.05) is 17.8 Å². The molecule has 0 aliphatic heterocycles. The maximum atomic E-state index is 11.1. The molecule has 0 heterocycles. The number of hydrogen-bond donors (Lipinski definition) is 1. The van der Waals surface area contributed by atoms with Gasteiger partial charge in [0.1, 0.15) is 5.69 Å². The van der Waals surface area contributed by atoms with Crippen LogP contribution >= 0.6 is 11.8 Å². The molecule has 0 aliphatic rings. The van der Waals surface area contributed by atoms with Gasteiger partial charge in [-0.05, 0) is 23.7 Å². The normalized spacial score (nSPS) is 10.7. The molecule has 0 aliphatic carbocycles. The Hall–Kier alpha value is -1.23. The first-order valence-corrected chi connectivity index (χ1v) is 7.79. The summed E-state index contributed by atoms with van der Waals surface area (Å²) in [4.78, 5) is 10.8. The quantitative estimate of drug-likeness (QED) is 0.570. The SMILES string of the molecule is CCCNc1c(CSCC(C)C)cccc1[N+](=O)[O-]. The summed E-state index contributed by atoms with van der Waals surface area (Å²) in [5, 5.41) is 14.3. The van der Waals surface area contributed by atoms with Crippen molar-refractivity contribution in [3.05, 3.63) is 33.9 Å². The highest BCUT2D eigenvalue weighted by Gasteiger charge is 2.16. The summed E-state index contributed by atoms with van der Waals surface area (Å²) in [7, 11) is 0. The van der Waals surface area contributed by atoms with E-state index in [9.17, 15) is 10.1 Å². The van der Waals surface area contributed by atoms with Crippen molar-refractivity contribution in [2.24, 2.45) is 5.92 Å². The molecule has 1 rings (SSSR count). The number of rotatable bonds is 8. The zero-order valence-electron chi connectivity index (χ0n) is 11.8. The van der Waals surface area contributed by atoms with Gasteiger partial charge in [0.25, 0.3) is 5.69 Å². The summed E-state index contributed by atoms with van der Waals surface area (Å²) in [6.07, 6.45) is 0.949. The minimum Gasteiger partial charge on any atom is -0.379 e. The van der Waals surface area contributed by atoms with E-state index >= 15 is 0 Å². The van der Waals surface area contributed by atoms with E-state index in [-0.39, 0.29) is 10.6 Å². The molecule has 0 spiro atoms. The fourth-order valence-corrected chi connectivity index (χ4v) is 2.77. The van der Waals surface area contributed by atoms with Gasteiger partial charge in [0.15, 0.2) is 0 Å². The van der Waals surface area contributed by atoms with Gasteiger partial charge in [-0.25, -0.2) is 0 Å². The average molecular weight is 282 g/mol. The Morgan fingerprint density at radius 3 is 2.74 bits per heavy atom. The van der Waals surface area contributed by atoms with Gasteiger partial charge < -0.3 is 5.32 Å². The summed E-state index contributed by atoms with van der Waals surface area (Å²) in [6, 6.07) is 5.30. The molecule has 1 N–H and O–H groups in total. The Balaban J connectivity index is 2.88. The summed E-state index contributed by atoms with van der Waals surface area (Å²) >= 11 is 1.82. The van der Waals surface area contributed by atoms with Crippen LogP contribution in [0.3, 0.4) is 0 Å². The van der Waals surface area contributed by atoms with E-state index in [1.54, 1.807) is 12.1 Å². The second kappa shape index (κ2) is 8.04. The largest absolute Gasteiger partial charge is 0.379 e. The summed E-state index contributed by atoms with van der Waals surface area (Å²) in [5.41, 5.74) is 1.88. The van der Waals surface area contributed by atoms with Crippen molar-refractivity contribution in [2.45, 2.75) is 32.9 Å². The second-order valence-corrected chi connectivity index (χ2v) is 5.93. The van der Waals surface area contributed by atoms with E-state index in [4.69, 9.17) is 0 Å². The number of hydrogen-bond acceptors (Lipinski definition) is 4. The number of nitrogens with one attached hydrogen (secondary N) is 1. The molecule has 0 saturated heterocycles. The van der Waals surface area contributed by atoms with Crippen molar-refractivity contribution in [3.63, 3.8) is 0 Å². The van der Waals surface area contributed by atoms with Crippen molar-refractivity contribution in [1.29, 1.82) is 0 Å². The average Bonchev–Trinajstić information content (AvgIpc) is 2.36. The molecule has 0 fully saturated rings. The lowest BCUT2D eigenvalue weighted by atomic mass is 10.1. The molecule has 0 atom stereocenters. The Morgan fingerprint density at radius 2 is 2.16 bits per heavy atom. The monoisotopic (exact) mass is 282 g/mol. The van der Waals surface area contributed by atoms with Gasteiger partial charge in [-0.1, -0.05) is 32.9 Å². The van der Waals surface area contributed by atoms with Crippen LogP contribution < -0.4 is 5.32 Å². The molecule has 1 aromatic rings. The molecule has 19 heavy (non-hydrogen) atoms. The van der Waals surface area contributed by atoms with Gasteiger partial charge in [0.05, 0.1) is 4.92 Å². The number of nitro benzene ring substituents is 1. The van der Waals surface area contributed by atoms with E-state index in [1.165, 1.54) is 0 Å². The molecule has 0 bridgehead atoms. The molecular formula is C14H22N2O2S. The molecule has 0 aromatic heterocycles. The molecular weight excluding hydrogens is 260 g/mol. The number of nitro groups is 1. The third-order valence-corrected chi connectivity index (χ3v) is 4.00. The van der Waals surface area contributed by atoms with E-state index in [0.29, 0.717) is 11.6 Å². The highest BCUT2D eigenvalue weighted by Crippen LogP contribution is 2.31. The highest BCUT2D eigenvalue weighted by molar-refractivity contribution is 7.98. The lowest BCUT2D eigenvalue weighted by molar-refractivity contribution is -0.384. The number of para-hydroxylation sites is 1. The van der Waals surface area contributed by atoms with Crippen LogP contribution in [0, 0.1) is 16.0 Å². The van der Waals surface area contributed by atoms with Crippen LogP contribution in [0.5, 0.6) is 0 Å². The molecule has 1 aromatic carbocycles. The maximum absolute atomic E-state index is 11.1. The standard InChI is InChI=1S/C14H22N2O2S/c1-4-8-15-14-12(10-19-9-11(2)3)6-5-7-13(14)16(17)18/h5-7,11,15H,4,8-10H2,1-3H3. The van der Waals surface area contributed by atoms with E-state index < -0.39 is 0 Å². The van der Waals surface area contributed by atoms with Gasteiger partial charge in [-0.2, -0.15) is 11.8 Å². The summed E-state index contributed by atoms with van der Waals surface area (Å²) in [6.45, 7) is 7.16.